The van der Waals surface area contributed by atoms with E-state index in [2.05, 4.69) is 95.3 Å². The van der Waals surface area contributed by atoms with Crippen molar-refractivity contribution in [1.29, 1.82) is 0 Å². The molecule has 0 aliphatic carbocycles. The van der Waals surface area contributed by atoms with Crippen LogP contribution in [0.4, 0.5) is 0 Å². The summed E-state index contributed by atoms with van der Waals surface area (Å²) in [6, 6.07) is 27.8. The molecule has 1 aromatic heterocycles. The minimum atomic E-state index is -0.462. The predicted octanol–water partition coefficient (Wildman–Crippen LogP) is 4.98. The molecule has 1 N–H and O–H groups in total. The van der Waals surface area contributed by atoms with Crippen molar-refractivity contribution in [2.45, 2.75) is 19.6 Å². The van der Waals surface area contributed by atoms with E-state index >= 15 is 0 Å². The van der Waals surface area contributed by atoms with Gasteiger partial charge in [0.05, 0.1) is 31.6 Å². The summed E-state index contributed by atoms with van der Waals surface area (Å²) < 4.78 is 7.79. The SMILES string of the molecule is Cc1ccc2c(c1)c(-c1ccccc1)c(-c1ccccc1)n2CC(O)CN1CCOCC1. The Labute approximate surface area is 189 Å². The average Bonchev–Trinajstić information content (AvgIpc) is 3.13. The van der Waals surface area contributed by atoms with E-state index < -0.39 is 6.10 Å². The second-order valence-corrected chi connectivity index (χ2v) is 8.65. The van der Waals surface area contributed by atoms with E-state index in [9.17, 15) is 5.11 Å². The van der Waals surface area contributed by atoms with Crippen molar-refractivity contribution in [3.63, 3.8) is 0 Å². The fraction of sp³-hybridized carbons (Fsp3) is 0.286. The lowest BCUT2D eigenvalue weighted by Crippen LogP contribution is -2.42. The predicted molar refractivity (Wildman–Crippen MR) is 131 cm³/mol. The Bertz CT molecular complexity index is 1180. The van der Waals surface area contributed by atoms with Gasteiger partial charge in [0.1, 0.15) is 0 Å². The van der Waals surface area contributed by atoms with Crippen LogP contribution >= 0.6 is 0 Å². The van der Waals surface area contributed by atoms with Gasteiger partial charge in [-0.2, -0.15) is 0 Å². The van der Waals surface area contributed by atoms with Gasteiger partial charge in [-0.1, -0.05) is 72.3 Å². The first-order chi connectivity index (χ1) is 15.7. The largest absolute Gasteiger partial charge is 0.390 e. The normalized spacial score (nSPS) is 15.8. The molecule has 0 saturated carbocycles. The lowest BCUT2D eigenvalue weighted by molar-refractivity contribution is 0.0118. The number of morpholine rings is 1. The maximum absolute atomic E-state index is 11.1. The van der Waals surface area contributed by atoms with Crippen molar-refractivity contribution in [3.8, 4) is 22.4 Å². The molecular weight excluding hydrogens is 396 g/mol. The number of benzene rings is 3. The van der Waals surface area contributed by atoms with Crippen LogP contribution in [-0.2, 0) is 11.3 Å². The molecule has 1 unspecified atom stereocenters. The van der Waals surface area contributed by atoms with E-state index in [1.807, 2.05) is 0 Å². The van der Waals surface area contributed by atoms with E-state index in [-0.39, 0.29) is 0 Å². The maximum Gasteiger partial charge on any atom is 0.0846 e. The lowest BCUT2D eigenvalue weighted by atomic mass is 9.98. The van der Waals surface area contributed by atoms with Gasteiger partial charge in [0.2, 0.25) is 0 Å². The van der Waals surface area contributed by atoms with Crippen LogP contribution in [0.25, 0.3) is 33.3 Å². The molecule has 1 fully saturated rings. The average molecular weight is 427 g/mol. The van der Waals surface area contributed by atoms with Gasteiger partial charge in [-0.05, 0) is 30.2 Å². The molecule has 5 rings (SSSR count). The molecule has 1 aliphatic heterocycles. The third-order valence-corrected chi connectivity index (χ3v) is 6.29. The number of nitrogens with zero attached hydrogens (tertiary/aromatic N) is 2. The summed E-state index contributed by atoms with van der Waals surface area (Å²) in [5.74, 6) is 0. The highest BCUT2D eigenvalue weighted by Gasteiger charge is 2.23. The Kier molecular flexibility index (Phi) is 6.08. The summed E-state index contributed by atoms with van der Waals surface area (Å²) in [5, 5.41) is 12.3. The van der Waals surface area contributed by atoms with Crippen LogP contribution in [0.15, 0.2) is 78.9 Å². The number of aryl methyl sites for hydroxylation is 1. The van der Waals surface area contributed by atoms with Crippen LogP contribution < -0.4 is 0 Å². The fourth-order valence-electron chi connectivity index (χ4n) is 4.80. The first kappa shape index (κ1) is 21.0. The summed E-state index contributed by atoms with van der Waals surface area (Å²) in [6.07, 6.45) is -0.462. The van der Waals surface area contributed by atoms with Crippen molar-refractivity contribution in [3.05, 3.63) is 84.4 Å². The number of β-amino-alcohol motifs (C(OH)–C–C–N with tert-alkyl or cyclic N) is 1. The molecule has 4 aromatic rings. The number of aliphatic hydroxyl groups is 1. The smallest absolute Gasteiger partial charge is 0.0846 e. The number of hydrogen-bond donors (Lipinski definition) is 1. The molecule has 4 nitrogen and oxygen atoms in total. The molecule has 2 heterocycles. The highest BCUT2D eigenvalue weighted by molar-refractivity contribution is 6.04. The molecular formula is C28H30N2O2. The van der Waals surface area contributed by atoms with E-state index in [0.29, 0.717) is 13.1 Å². The second-order valence-electron chi connectivity index (χ2n) is 8.65. The molecule has 4 heteroatoms. The molecule has 32 heavy (non-hydrogen) atoms. The summed E-state index contributed by atoms with van der Waals surface area (Å²) in [6.45, 7) is 6.59. The number of hydrogen-bond acceptors (Lipinski definition) is 3. The number of rotatable bonds is 6. The fourth-order valence-corrected chi connectivity index (χ4v) is 4.80. The van der Waals surface area contributed by atoms with Gasteiger partial charge in [0.25, 0.3) is 0 Å². The Hall–Kier alpha value is -2.92. The third kappa shape index (κ3) is 4.22. The molecule has 1 aliphatic rings. The Morgan fingerprint density at radius 3 is 2.19 bits per heavy atom. The minimum Gasteiger partial charge on any atom is -0.390 e. The van der Waals surface area contributed by atoms with E-state index in [1.165, 1.54) is 33.3 Å². The monoisotopic (exact) mass is 426 g/mol. The number of aromatic nitrogens is 1. The number of fused-ring (bicyclic) bond motifs is 1. The standard InChI is InChI=1S/C28H30N2O2/c1-21-12-13-26-25(18-21)27(22-8-4-2-5-9-22)28(23-10-6-3-7-11-23)30(26)20-24(31)19-29-14-16-32-17-15-29/h2-13,18,24,31H,14-17,19-20H2,1H3. The zero-order valence-electron chi connectivity index (χ0n) is 18.6. The second kappa shape index (κ2) is 9.29. The molecule has 0 amide bonds. The van der Waals surface area contributed by atoms with Gasteiger partial charge in [-0.25, -0.2) is 0 Å². The van der Waals surface area contributed by atoms with Crippen molar-refractivity contribution in [2.24, 2.45) is 0 Å². The zero-order valence-corrected chi connectivity index (χ0v) is 18.6. The summed E-state index contributed by atoms with van der Waals surface area (Å²) in [7, 11) is 0. The van der Waals surface area contributed by atoms with Gasteiger partial charge < -0.3 is 14.4 Å². The Morgan fingerprint density at radius 2 is 1.50 bits per heavy atom. The van der Waals surface area contributed by atoms with E-state index in [0.717, 1.165) is 31.8 Å². The van der Waals surface area contributed by atoms with E-state index in [1.54, 1.807) is 0 Å². The molecule has 0 spiro atoms. The van der Waals surface area contributed by atoms with Crippen LogP contribution in [0.1, 0.15) is 5.56 Å². The van der Waals surface area contributed by atoms with E-state index in [4.69, 9.17) is 4.74 Å². The number of ether oxygens (including phenoxy) is 1. The molecule has 164 valence electrons. The first-order valence-corrected chi connectivity index (χ1v) is 11.4. The lowest BCUT2D eigenvalue weighted by Gasteiger charge is -2.29. The molecule has 1 saturated heterocycles. The van der Waals surface area contributed by atoms with Crippen LogP contribution in [-0.4, -0.2) is 53.5 Å². The zero-order chi connectivity index (χ0) is 21.9. The molecule has 0 radical (unpaired) electrons. The van der Waals surface area contributed by atoms with Gasteiger partial charge in [0, 0.05) is 36.1 Å². The summed E-state index contributed by atoms with van der Waals surface area (Å²) in [5.41, 5.74) is 7.16. The van der Waals surface area contributed by atoms with Gasteiger partial charge in [0.15, 0.2) is 0 Å². The van der Waals surface area contributed by atoms with Crippen molar-refractivity contribution < 1.29 is 9.84 Å². The van der Waals surface area contributed by atoms with Gasteiger partial charge in [-0.3, -0.25) is 4.90 Å². The number of aliphatic hydroxyl groups excluding tert-OH is 1. The van der Waals surface area contributed by atoms with Crippen molar-refractivity contribution >= 4 is 10.9 Å². The Morgan fingerprint density at radius 1 is 0.844 bits per heavy atom. The van der Waals surface area contributed by atoms with Gasteiger partial charge >= 0.3 is 0 Å². The van der Waals surface area contributed by atoms with Gasteiger partial charge in [-0.15, -0.1) is 0 Å². The van der Waals surface area contributed by atoms with Crippen LogP contribution in [0.5, 0.6) is 0 Å². The Balaban J connectivity index is 1.66. The third-order valence-electron chi connectivity index (χ3n) is 6.29. The molecule has 3 aromatic carbocycles. The van der Waals surface area contributed by atoms with Crippen molar-refractivity contribution in [2.75, 3.05) is 32.8 Å². The highest BCUT2D eigenvalue weighted by atomic mass is 16.5. The van der Waals surface area contributed by atoms with Crippen LogP contribution in [0.3, 0.4) is 0 Å². The topological polar surface area (TPSA) is 37.6 Å². The quantitative estimate of drug-likeness (QED) is 0.473. The van der Waals surface area contributed by atoms with Crippen LogP contribution in [0.2, 0.25) is 0 Å². The molecule has 0 bridgehead atoms. The first-order valence-electron chi connectivity index (χ1n) is 11.4. The maximum atomic E-state index is 11.1. The highest BCUT2D eigenvalue weighted by Crippen LogP contribution is 2.41. The summed E-state index contributed by atoms with van der Waals surface area (Å²) in [4.78, 5) is 2.30. The van der Waals surface area contributed by atoms with Crippen LogP contribution in [0, 0.1) is 6.92 Å². The summed E-state index contributed by atoms with van der Waals surface area (Å²) >= 11 is 0. The molecule has 1 atom stereocenters. The van der Waals surface area contributed by atoms with Crippen molar-refractivity contribution in [1.82, 2.24) is 9.47 Å². The minimum absolute atomic E-state index is 0.462.